The highest BCUT2D eigenvalue weighted by Crippen LogP contribution is 2.28. The molecule has 4 aromatic rings. The molecule has 0 fully saturated rings. The summed E-state index contributed by atoms with van der Waals surface area (Å²) in [6.07, 6.45) is 0.472. The average Bonchev–Trinajstić information content (AvgIpc) is 3.14. The second-order valence-electron chi connectivity index (χ2n) is 7.99. The van der Waals surface area contributed by atoms with Crippen LogP contribution in [0.3, 0.4) is 0 Å². The van der Waals surface area contributed by atoms with Gasteiger partial charge in [-0.15, -0.1) is 0 Å². The molecular weight excluding hydrogens is 460 g/mol. The molecule has 3 aromatic carbocycles. The minimum Gasteiger partial charge on any atom is -0.407 e. The highest BCUT2D eigenvalue weighted by Gasteiger charge is 2.26. The van der Waals surface area contributed by atoms with Crippen LogP contribution in [0, 0.1) is 21.7 Å². The van der Waals surface area contributed by atoms with E-state index in [9.17, 15) is 28.5 Å². The minimum atomic E-state index is -0.839. The van der Waals surface area contributed by atoms with E-state index in [0.717, 1.165) is 10.6 Å². The first-order valence-electron chi connectivity index (χ1n) is 10.8. The number of rotatable bonds is 8. The number of nitro benzene ring substituents is 1. The Morgan fingerprint density at radius 1 is 1.09 bits per heavy atom. The number of amides is 1. The Morgan fingerprint density at radius 2 is 1.83 bits per heavy atom. The van der Waals surface area contributed by atoms with Gasteiger partial charge in [-0.25, -0.2) is 13.6 Å². The molecule has 1 amide bonds. The lowest BCUT2D eigenvalue weighted by atomic mass is 10.0. The lowest BCUT2D eigenvalue weighted by molar-refractivity contribution is -0.384. The second-order valence-corrected chi connectivity index (χ2v) is 7.99. The van der Waals surface area contributed by atoms with Crippen molar-refractivity contribution in [3.05, 3.63) is 110 Å². The van der Waals surface area contributed by atoms with E-state index in [0.29, 0.717) is 17.5 Å². The molecule has 0 saturated heterocycles. The standard InChI is InChI=1S/C25H21F2N3O5/c1-2-21(17-6-8-18(26)9-7-17)28(14-16-4-3-5-19(27)12-16)24(31)15-29-22-11-10-20(30(33)34)13-23(22)35-25(29)32/h3-13,21H,2,14-15H2,1H3. The number of hydrogen-bond acceptors (Lipinski definition) is 5. The van der Waals surface area contributed by atoms with Gasteiger partial charge in [-0.05, 0) is 47.9 Å². The topological polar surface area (TPSA) is 98.6 Å². The molecule has 10 heteroatoms. The van der Waals surface area contributed by atoms with Crippen molar-refractivity contribution in [3.8, 4) is 0 Å². The first kappa shape index (κ1) is 23.8. The summed E-state index contributed by atoms with van der Waals surface area (Å²) in [5, 5.41) is 11.0. The third kappa shape index (κ3) is 5.11. The molecule has 1 heterocycles. The number of oxazole rings is 1. The molecule has 1 unspecified atom stereocenters. The van der Waals surface area contributed by atoms with Crippen LogP contribution in [0.25, 0.3) is 11.1 Å². The number of aromatic nitrogens is 1. The number of hydrogen-bond donors (Lipinski definition) is 0. The van der Waals surface area contributed by atoms with E-state index in [1.165, 1.54) is 47.4 Å². The maximum atomic E-state index is 13.8. The van der Waals surface area contributed by atoms with E-state index >= 15 is 0 Å². The summed E-state index contributed by atoms with van der Waals surface area (Å²) in [5.41, 5.74) is 1.19. The van der Waals surface area contributed by atoms with Crippen LogP contribution in [0.1, 0.15) is 30.5 Å². The van der Waals surface area contributed by atoms with Crippen LogP contribution in [-0.2, 0) is 17.9 Å². The number of fused-ring (bicyclic) bond motifs is 1. The normalized spacial score (nSPS) is 12.0. The summed E-state index contributed by atoms with van der Waals surface area (Å²) in [5.74, 6) is -2.18. The monoisotopic (exact) mass is 481 g/mol. The van der Waals surface area contributed by atoms with Gasteiger partial charge in [0, 0.05) is 12.6 Å². The minimum absolute atomic E-state index is 0.0146. The first-order chi connectivity index (χ1) is 16.8. The quantitative estimate of drug-likeness (QED) is 0.262. The van der Waals surface area contributed by atoms with Crippen molar-refractivity contribution in [3.63, 3.8) is 0 Å². The first-order valence-corrected chi connectivity index (χ1v) is 10.8. The van der Waals surface area contributed by atoms with Crippen LogP contribution >= 0.6 is 0 Å². The summed E-state index contributed by atoms with van der Waals surface area (Å²) in [4.78, 5) is 38.0. The Kier molecular flexibility index (Phi) is 6.72. The molecule has 180 valence electrons. The summed E-state index contributed by atoms with van der Waals surface area (Å²) in [7, 11) is 0. The third-order valence-corrected chi connectivity index (χ3v) is 5.74. The zero-order valence-electron chi connectivity index (χ0n) is 18.7. The van der Waals surface area contributed by atoms with E-state index in [-0.39, 0.29) is 23.3 Å². The number of benzene rings is 3. The maximum Gasteiger partial charge on any atom is 0.420 e. The molecular formula is C25H21F2N3O5. The Bertz CT molecular complexity index is 1450. The molecule has 0 spiro atoms. The summed E-state index contributed by atoms with van der Waals surface area (Å²) in [6.45, 7) is 1.50. The van der Waals surface area contributed by atoms with Crippen molar-refractivity contribution in [1.82, 2.24) is 9.47 Å². The van der Waals surface area contributed by atoms with Crippen LogP contribution in [0.2, 0.25) is 0 Å². The Hall–Kier alpha value is -4.34. The Morgan fingerprint density at radius 3 is 2.49 bits per heavy atom. The molecule has 1 atom stereocenters. The van der Waals surface area contributed by atoms with Crippen molar-refractivity contribution in [2.24, 2.45) is 0 Å². The van der Waals surface area contributed by atoms with Gasteiger partial charge in [-0.3, -0.25) is 19.5 Å². The average molecular weight is 481 g/mol. The predicted molar refractivity (Wildman–Crippen MR) is 124 cm³/mol. The molecule has 1 aromatic heterocycles. The molecule has 0 aliphatic carbocycles. The molecule has 0 bridgehead atoms. The highest BCUT2D eigenvalue weighted by atomic mass is 19.1. The molecule has 35 heavy (non-hydrogen) atoms. The number of halogens is 2. The van der Waals surface area contributed by atoms with Crippen LogP contribution in [0.15, 0.2) is 75.9 Å². The molecule has 0 radical (unpaired) electrons. The number of non-ortho nitro benzene ring substituents is 1. The van der Waals surface area contributed by atoms with Crippen molar-refractivity contribution in [1.29, 1.82) is 0 Å². The molecule has 0 aliphatic heterocycles. The zero-order chi connectivity index (χ0) is 25.1. The molecule has 0 aliphatic rings. The smallest absolute Gasteiger partial charge is 0.407 e. The summed E-state index contributed by atoms with van der Waals surface area (Å²) >= 11 is 0. The van der Waals surface area contributed by atoms with Crippen molar-refractivity contribution in [2.45, 2.75) is 32.5 Å². The van der Waals surface area contributed by atoms with E-state index < -0.39 is 40.8 Å². The van der Waals surface area contributed by atoms with Gasteiger partial charge in [-0.1, -0.05) is 31.2 Å². The van der Waals surface area contributed by atoms with E-state index in [4.69, 9.17) is 4.42 Å². The van der Waals surface area contributed by atoms with Gasteiger partial charge in [0.05, 0.1) is 22.5 Å². The lowest BCUT2D eigenvalue weighted by Crippen LogP contribution is -2.38. The number of nitro groups is 1. The summed E-state index contributed by atoms with van der Waals surface area (Å²) < 4.78 is 33.6. The second kappa shape index (κ2) is 9.88. The number of nitrogens with zero attached hydrogens (tertiary/aromatic N) is 3. The van der Waals surface area contributed by atoms with E-state index in [1.807, 2.05) is 6.92 Å². The highest BCUT2D eigenvalue weighted by molar-refractivity contribution is 5.81. The van der Waals surface area contributed by atoms with Gasteiger partial charge in [0.15, 0.2) is 5.58 Å². The number of carbonyl (C=O) groups excluding carboxylic acids is 1. The van der Waals surface area contributed by atoms with Gasteiger partial charge in [0.2, 0.25) is 5.91 Å². The maximum absolute atomic E-state index is 13.8. The van der Waals surface area contributed by atoms with E-state index in [1.54, 1.807) is 18.2 Å². The largest absolute Gasteiger partial charge is 0.420 e. The molecule has 8 nitrogen and oxygen atoms in total. The SMILES string of the molecule is CCC(c1ccc(F)cc1)N(Cc1cccc(F)c1)C(=O)Cn1c(=O)oc2cc([N+](=O)[O-])ccc21. The fourth-order valence-electron chi connectivity index (χ4n) is 4.07. The van der Waals surface area contributed by atoms with Crippen molar-refractivity contribution >= 4 is 22.7 Å². The van der Waals surface area contributed by atoms with Gasteiger partial charge >= 0.3 is 5.76 Å². The molecule has 0 N–H and O–H groups in total. The van der Waals surface area contributed by atoms with Gasteiger partial charge in [0.1, 0.15) is 18.2 Å². The fourth-order valence-corrected chi connectivity index (χ4v) is 4.07. The van der Waals surface area contributed by atoms with Crippen LogP contribution < -0.4 is 5.76 Å². The lowest BCUT2D eigenvalue weighted by Gasteiger charge is -2.32. The molecule has 4 rings (SSSR count). The van der Waals surface area contributed by atoms with Crippen LogP contribution in [0.4, 0.5) is 14.5 Å². The van der Waals surface area contributed by atoms with Gasteiger partial charge < -0.3 is 9.32 Å². The van der Waals surface area contributed by atoms with Crippen LogP contribution in [0.5, 0.6) is 0 Å². The Labute approximate surface area is 198 Å². The van der Waals surface area contributed by atoms with Gasteiger partial charge in [0.25, 0.3) is 5.69 Å². The van der Waals surface area contributed by atoms with E-state index in [2.05, 4.69) is 0 Å². The number of carbonyl (C=O) groups is 1. The molecule has 0 saturated carbocycles. The van der Waals surface area contributed by atoms with Crippen LogP contribution in [-0.4, -0.2) is 20.3 Å². The summed E-state index contributed by atoms with van der Waals surface area (Å²) in [6, 6.07) is 14.8. The van der Waals surface area contributed by atoms with Crippen molar-refractivity contribution in [2.75, 3.05) is 0 Å². The van der Waals surface area contributed by atoms with Crippen molar-refractivity contribution < 1.29 is 22.9 Å². The zero-order valence-corrected chi connectivity index (χ0v) is 18.7. The third-order valence-electron chi connectivity index (χ3n) is 5.74. The predicted octanol–water partition coefficient (Wildman–Crippen LogP) is 4.96. The fraction of sp³-hybridized carbons (Fsp3) is 0.200. The van der Waals surface area contributed by atoms with Gasteiger partial charge in [-0.2, -0.15) is 0 Å². The Balaban J connectivity index is 1.72.